The summed E-state index contributed by atoms with van der Waals surface area (Å²) in [6, 6.07) is 80.8. The molecule has 68 heavy (non-hydrogen) atoms. The maximum Gasteiger partial charge on any atom is 0.229 e. The lowest BCUT2D eigenvalue weighted by Gasteiger charge is -2.28. The van der Waals surface area contributed by atoms with Gasteiger partial charge in [-0.3, -0.25) is 0 Å². The highest BCUT2D eigenvalue weighted by atomic mass is 15.1. The van der Waals surface area contributed by atoms with E-state index in [1.807, 2.05) is 6.08 Å². The first-order chi connectivity index (χ1) is 33.6. The Bertz CT molecular complexity index is 4440. The van der Waals surface area contributed by atoms with Gasteiger partial charge in [0.05, 0.1) is 29.0 Å². The predicted molar refractivity (Wildman–Crippen MR) is 288 cm³/mol. The topological polar surface area (TPSA) is 25.4 Å². The van der Waals surface area contributed by atoms with Crippen LogP contribution in [0.5, 0.6) is 0 Å². The van der Waals surface area contributed by atoms with E-state index in [9.17, 15) is 0 Å². The highest BCUT2D eigenvalue weighted by Gasteiger charge is 2.22. The van der Waals surface area contributed by atoms with Crippen molar-refractivity contribution in [3.8, 4) is 5.69 Å². The van der Waals surface area contributed by atoms with Crippen molar-refractivity contribution >= 4 is 126 Å². The largest absolute Gasteiger partial charge is 0.310 e. The first-order valence-electron chi connectivity index (χ1n) is 23.0. The van der Waals surface area contributed by atoms with Crippen molar-refractivity contribution in [1.29, 1.82) is 0 Å². The zero-order valence-corrected chi connectivity index (χ0v) is 36.7. The van der Waals surface area contributed by atoms with Crippen molar-refractivity contribution in [3.63, 3.8) is 0 Å². The molecular weight excluding hydrogens is 825 g/mol. The number of aromatic nitrogens is 2. The Balaban J connectivity index is 0.948. The highest BCUT2D eigenvalue weighted by Crippen LogP contribution is 2.44. The molecule has 0 aliphatic rings. The summed E-state index contributed by atoms with van der Waals surface area (Å²) in [5, 5.41) is 19.1. The minimum absolute atomic E-state index is 0.461. The minimum atomic E-state index is 0.461. The standard InChI is InChI=1S/C64H38N4/c1-65-58(64-66-57-37-46-13-4-5-14-47(46)38-61(57)68(64)59-32-27-43-24-23-41-16-10-17-42-26-31-56(59)63(43)62(41)42)33-40-21-28-51(29-22-40)67(52-30-25-48-34-44-11-2-3-12-45(44)35-50(48)36-52)60-39-49-15-6-7-18-53(49)54-19-8-9-20-55(54)60/h2-39H. The average Bonchev–Trinajstić information content (AvgIpc) is 3.76. The summed E-state index contributed by atoms with van der Waals surface area (Å²) >= 11 is 0. The molecule has 0 atom stereocenters. The second-order valence-corrected chi connectivity index (χ2v) is 17.9. The summed E-state index contributed by atoms with van der Waals surface area (Å²) in [6.07, 6.45) is 1.99. The molecule has 0 radical (unpaired) electrons. The van der Waals surface area contributed by atoms with Gasteiger partial charge in [-0.15, -0.1) is 0 Å². The molecule has 0 aliphatic carbocycles. The smallest absolute Gasteiger partial charge is 0.229 e. The molecule has 0 amide bonds. The molecule has 13 aromatic carbocycles. The maximum absolute atomic E-state index is 8.75. The Labute approximate surface area is 391 Å². The number of anilines is 3. The van der Waals surface area contributed by atoms with Crippen LogP contribution in [0.15, 0.2) is 224 Å². The molecule has 0 bridgehead atoms. The summed E-state index contributed by atoms with van der Waals surface area (Å²) in [4.78, 5) is 11.9. The summed E-state index contributed by atoms with van der Waals surface area (Å²) in [5.74, 6) is 0.609. The number of nitrogens with zero attached hydrogens (tertiary/aromatic N) is 4. The normalized spacial score (nSPS) is 12.2. The lowest BCUT2D eigenvalue weighted by atomic mass is 9.93. The maximum atomic E-state index is 8.75. The van der Waals surface area contributed by atoms with Crippen LogP contribution in [-0.2, 0) is 0 Å². The van der Waals surface area contributed by atoms with E-state index in [1.165, 1.54) is 70.0 Å². The van der Waals surface area contributed by atoms with E-state index < -0.39 is 0 Å². The number of benzene rings is 13. The molecule has 1 aromatic heterocycles. The molecule has 0 spiro atoms. The van der Waals surface area contributed by atoms with Crippen LogP contribution in [0.4, 0.5) is 17.1 Å². The van der Waals surface area contributed by atoms with Crippen LogP contribution in [0, 0.1) is 6.57 Å². The molecule has 1 heterocycles. The highest BCUT2D eigenvalue weighted by molar-refractivity contribution is 6.25. The van der Waals surface area contributed by atoms with Gasteiger partial charge in [0, 0.05) is 22.1 Å². The second kappa shape index (κ2) is 14.9. The third-order valence-electron chi connectivity index (χ3n) is 14.0. The van der Waals surface area contributed by atoms with Gasteiger partial charge in [-0.25, -0.2) is 9.83 Å². The van der Waals surface area contributed by atoms with Gasteiger partial charge >= 0.3 is 0 Å². The zero-order valence-electron chi connectivity index (χ0n) is 36.7. The summed E-state index contributed by atoms with van der Waals surface area (Å²) in [6.45, 7) is 8.75. The Hall–Kier alpha value is -9.30. The van der Waals surface area contributed by atoms with Crippen molar-refractivity contribution in [1.82, 2.24) is 9.55 Å². The number of hydrogen-bond acceptors (Lipinski definition) is 2. The molecule has 0 N–H and O–H groups in total. The van der Waals surface area contributed by atoms with Crippen LogP contribution in [0.2, 0.25) is 0 Å². The van der Waals surface area contributed by atoms with Crippen molar-refractivity contribution in [2.75, 3.05) is 4.90 Å². The van der Waals surface area contributed by atoms with Gasteiger partial charge in [0.15, 0.2) is 0 Å². The van der Waals surface area contributed by atoms with Crippen LogP contribution in [0.25, 0.3) is 120 Å². The van der Waals surface area contributed by atoms with Crippen molar-refractivity contribution in [3.05, 3.63) is 247 Å². The molecule has 14 rings (SSSR count). The summed E-state index contributed by atoms with van der Waals surface area (Å²) < 4.78 is 2.21. The number of hydrogen-bond donors (Lipinski definition) is 0. The third-order valence-corrected chi connectivity index (χ3v) is 14.0. The van der Waals surface area contributed by atoms with E-state index in [0.717, 1.165) is 55.5 Å². The molecule has 314 valence electrons. The van der Waals surface area contributed by atoms with E-state index in [1.54, 1.807) is 0 Å². The molecule has 0 aliphatic heterocycles. The van der Waals surface area contributed by atoms with E-state index in [-0.39, 0.29) is 0 Å². The van der Waals surface area contributed by atoms with Crippen molar-refractivity contribution in [2.24, 2.45) is 0 Å². The second-order valence-electron chi connectivity index (χ2n) is 17.9. The van der Waals surface area contributed by atoms with E-state index >= 15 is 0 Å². The van der Waals surface area contributed by atoms with Crippen LogP contribution in [0.1, 0.15) is 11.4 Å². The molecular formula is C64H38N4. The number of imidazole rings is 1. The van der Waals surface area contributed by atoms with Crippen LogP contribution < -0.4 is 4.90 Å². The fraction of sp³-hybridized carbons (Fsp3) is 0. The number of fused-ring (bicyclic) bond motifs is 7. The fourth-order valence-electron chi connectivity index (χ4n) is 10.8. The summed E-state index contributed by atoms with van der Waals surface area (Å²) in [7, 11) is 0. The first kappa shape index (κ1) is 38.0. The van der Waals surface area contributed by atoms with Crippen LogP contribution in [0.3, 0.4) is 0 Å². The van der Waals surface area contributed by atoms with Crippen molar-refractivity contribution < 1.29 is 0 Å². The first-order valence-corrected chi connectivity index (χ1v) is 23.0. The average molecular weight is 863 g/mol. The third kappa shape index (κ3) is 5.90. The Morgan fingerprint density at radius 1 is 0.426 bits per heavy atom. The zero-order chi connectivity index (χ0) is 44.9. The monoisotopic (exact) mass is 862 g/mol. The molecule has 0 saturated heterocycles. The minimum Gasteiger partial charge on any atom is -0.310 e. The van der Waals surface area contributed by atoms with Gasteiger partial charge in [-0.05, 0) is 148 Å². The lowest BCUT2D eigenvalue weighted by molar-refractivity contribution is 1.07. The van der Waals surface area contributed by atoms with E-state index in [4.69, 9.17) is 11.6 Å². The van der Waals surface area contributed by atoms with Gasteiger partial charge in [-0.1, -0.05) is 164 Å². The molecule has 4 heteroatoms. The van der Waals surface area contributed by atoms with Crippen LogP contribution in [-0.4, -0.2) is 9.55 Å². The molecule has 0 unspecified atom stereocenters. The summed E-state index contributed by atoms with van der Waals surface area (Å²) in [5.41, 5.74) is 7.34. The van der Waals surface area contributed by atoms with Crippen molar-refractivity contribution in [2.45, 2.75) is 0 Å². The Morgan fingerprint density at radius 3 is 1.74 bits per heavy atom. The fourth-order valence-corrected chi connectivity index (χ4v) is 10.8. The number of rotatable bonds is 6. The van der Waals surface area contributed by atoms with Gasteiger partial charge in [0.1, 0.15) is 5.82 Å². The van der Waals surface area contributed by atoms with Gasteiger partial charge in [0.25, 0.3) is 0 Å². The molecule has 0 fully saturated rings. The van der Waals surface area contributed by atoms with Gasteiger partial charge < -0.3 is 9.47 Å². The van der Waals surface area contributed by atoms with Gasteiger partial charge in [0.2, 0.25) is 5.70 Å². The van der Waals surface area contributed by atoms with E-state index in [2.05, 4.69) is 239 Å². The lowest BCUT2D eigenvalue weighted by Crippen LogP contribution is -2.10. The van der Waals surface area contributed by atoms with Gasteiger partial charge in [-0.2, -0.15) is 0 Å². The van der Waals surface area contributed by atoms with Crippen LogP contribution >= 0.6 is 0 Å². The SMILES string of the molecule is [C-]#[N+]C(=Cc1ccc(N(c2ccc3cc4ccccc4cc3c2)c2cc3ccccc3c3ccccc23)cc1)c1nc2cc3ccccc3cc2n1-c1ccc2ccc3cccc4ccc1c2c34. The molecule has 4 nitrogen and oxygen atoms in total. The molecule has 0 saturated carbocycles. The Kier molecular flexibility index (Phi) is 8.31. The van der Waals surface area contributed by atoms with E-state index in [0.29, 0.717) is 11.5 Å². The quantitative estimate of drug-likeness (QED) is 0.0945. The molecule has 14 aromatic rings. The predicted octanol–water partition coefficient (Wildman–Crippen LogP) is 17.6. The Morgan fingerprint density at radius 2 is 0.985 bits per heavy atom.